The second kappa shape index (κ2) is 10.1. The molecule has 0 radical (unpaired) electrons. The van der Waals surface area contributed by atoms with Crippen molar-refractivity contribution in [2.75, 3.05) is 7.11 Å². The molecule has 3 nitrogen and oxygen atoms in total. The Balaban J connectivity index is 3.00. The zero-order chi connectivity index (χ0) is 18.0. The van der Waals surface area contributed by atoms with Crippen LogP contribution in [0.1, 0.15) is 51.6 Å². The number of carbonyl (C=O) groups is 1. The van der Waals surface area contributed by atoms with E-state index in [9.17, 15) is 4.79 Å². The van der Waals surface area contributed by atoms with Gasteiger partial charge in [-0.05, 0) is 30.2 Å². The van der Waals surface area contributed by atoms with Crippen molar-refractivity contribution in [1.29, 1.82) is 0 Å². The second-order valence-corrected chi connectivity index (χ2v) is 6.57. The fourth-order valence-electron chi connectivity index (χ4n) is 2.62. The van der Waals surface area contributed by atoms with Gasteiger partial charge in [-0.3, -0.25) is 5.32 Å². The summed E-state index contributed by atoms with van der Waals surface area (Å²) >= 11 is 0. The van der Waals surface area contributed by atoms with E-state index in [4.69, 9.17) is 4.74 Å². The Morgan fingerprint density at radius 2 is 1.96 bits per heavy atom. The van der Waals surface area contributed by atoms with Gasteiger partial charge in [0.1, 0.15) is 6.04 Å². The van der Waals surface area contributed by atoms with Gasteiger partial charge in [0, 0.05) is 6.04 Å². The molecule has 0 aliphatic carbocycles. The third kappa shape index (κ3) is 5.97. The smallest absolute Gasteiger partial charge is 0.327 e. The predicted octanol–water partition coefficient (Wildman–Crippen LogP) is 4.82. The average Bonchev–Trinajstić information content (AvgIpc) is 2.61. The summed E-state index contributed by atoms with van der Waals surface area (Å²) in [5, 5.41) is 3.51. The fraction of sp³-hybridized carbons (Fsp3) is 0.476. The lowest BCUT2D eigenvalue weighted by Crippen LogP contribution is -2.45. The normalized spacial score (nSPS) is 14.3. The van der Waals surface area contributed by atoms with Crippen molar-refractivity contribution >= 4 is 5.97 Å². The van der Waals surface area contributed by atoms with Crippen LogP contribution in [-0.4, -0.2) is 19.1 Å². The van der Waals surface area contributed by atoms with Crippen molar-refractivity contribution < 1.29 is 9.53 Å². The number of methoxy groups -OCH3 is 1. The van der Waals surface area contributed by atoms with Gasteiger partial charge in [-0.25, -0.2) is 4.79 Å². The van der Waals surface area contributed by atoms with Crippen LogP contribution in [0.4, 0.5) is 0 Å². The molecule has 2 atom stereocenters. The molecule has 0 heterocycles. The van der Waals surface area contributed by atoms with Crippen molar-refractivity contribution in [1.82, 2.24) is 5.32 Å². The molecular weight excluding hydrogens is 298 g/mol. The fourth-order valence-corrected chi connectivity index (χ4v) is 2.62. The molecule has 0 saturated heterocycles. The van der Waals surface area contributed by atoms with Crippen molar-refractivity contribution in [2.45, 2.75) is 52.1 Å². The molecule has 0 amide bonds. The summed E-state index contributed by atoms with van der Waals surface area (Å²) in [5.41, 5.74) is 0.777. The molecule has 24 heavy (non-hydrogen) atoms. The SMILES string of the molecule is C=CC(C)(C)[C@@H](CC/C=C\CC)N[C@H](C(=O)OC)c1ccccc1. The van der Waals surface area contributed by atoms with Gasteiger partial charge < -0.3 is 4.74 Å². The minimum Gasteiger partial charge on any atom is -0.468 e. The predicted molar refractivity (Wildman–Crippen MR) is 101 cm³/mol. The summed E-state index contributed by atoms with van der Waals surface area (Å²) in [7, 11) is 1.43. The van der Waals surface area contributed by atoms with Crippen molar-refractivity contribution in [3.63, 3.8) is 0 Å². The first kappa shape index (κ1) is 20.2. The van der Waals surface area contributed by atoms with E-state index >= 15 is 0 Å². The number of rotatable bonds is 10. The van der Waals surface area contributed by atoms with E-state index < -0.39 is 6.04 Å². The molecule has 1 aromatic rings. The Labute approximate surface area is 146 Å². The van der Waals surface area contributed by atoms with Gasteiger partial charge in [-0.2, -0.15) is 0 Å². The highest BCUT2D eigenvalue weighted by atomic mass is 16.5. The maximum absolute atomic E-state index is 12.3. The van der Waals surface area contributed by atoms with Gasteiger partial charge in [0.15, 0.2) is 0 Å². The average molecular weight is 329 g/mol. The van der Waals surface area contributed by atoms with E-state index in [1.807, 2.05) is 36.4 Å². The molecule has 0 unspecified atom stereocenters. The van der Waals surface area contributed by atoms with Crippen LogP contribution in [-0.2, 0) is 9.53 Å². The highest BCUT2D eigenvalue weighted by molar-refractivity contribution is 5.77. The lowest BCUT2D eigenvalue weighted by atomic mass is 9.81. The minimum absolute atomic E-state index is 0.112. The molecule has 0 aliphatic heterocycles. The highest BCUT2D eigenvalue weighted by Crippen LogP contribution is 2.28. The maximum Gasteiger partial charge on any atom is 0.327 e. The van der Waals surface area contributed by atoms with Gasteiger partial charge in [0.25, 0.3) is 0 Å². The number of benzene rings is 1. The maximum atomic E-state index is 12.3. The number of carbonyl (C=O) groups excluding carboxylic acids is 1. The highest BCUT2D eigenvalue weighted by Gasteiger charge is 2.31. The monoisotopic (exact) mass is 329 g/mol. The first-order chi connectivity index (χ1) is 11.5. The van der Waals surface area contributed by atoms with E-state index in [0.717, 1.165) is 24.8 Å². The molecule has 3 heteroatoms. The summed E-state index contributed by atoms with van der Waals surface area (Å²) in [6.45, 7) is 10.4. The second-order valence-electron chi connectivity index (χ2n) is 6.57. The van der Waals surface area contributed by atoms with Crippen LogP contribution in [0, 0.1) is 5.41 Å². The number of esters is 1. The van der Waals surface area contributed by atoms with Crippen molar-refractivity contribution in [2.24, 2.45) is 5.41 Å². The number of allylic oxidation sites excluding steroid dienone is 2. The number of nitrogens with one attached hydrogen (secondary N) is 1. The third-order valence-electron chi connectivity index (χ3n) is 4.39. The third-order valence-corrected chi connectivity index (χ3v) is 4.39. The van der Waals surface area contributed by atoms with Crippen LogP contribution in [0.3, 0.4) is 0 Å². The molecule has 0 fully saturated rings. The Bertz CT molecular complexity index is 534. The molecule has 1 N–H and O–H groups in total. The Hall–Kier alpha value is -1.87. The van der Waals surface area contributed by atoms with Crippen LogP contribution in [0.5, 0.6) is 0 Å². The standard InChI is InChI=1S/C21H31NO2/c1-6-8-9-13-16-18(21(3,4)7-2)22-19(20(23)24-5)17-14-11-10-12-15-17/h7-12,14-15,18-19,22H,2,6,13,16H2,1,3-5H3/b9-8-/t18-,19+/m1/s1. The first-order valence-corrected chi connectivity index (χ1v) is 8.63. The topological polar surface area (TPSA) is 38.3 Å². The summed E-state index contributed by atoms with van der Waals surface area (Å²) in [4.78, 5) is 12.3. The van der Waals surface area contributed by atoms with Crippen molar-refractivity contribution in [3.8, 4) is 0 Å². The van der Waals surface area contributed by atoms with Gasteiger partial charge >= 0.3 is 5.97 Å². The number of hydrogen-bond donors (Lipinski definition) is 1. The summed E-state index contributed by atoms with van der Waals surface area (Å²) in [6.07, 6.45) is 9.25. The van der Waals surface area contributed by atoms with E-state index in [1.165, 1.54) is 7.11 Å². The Morgan fingerprint density at radius 1 is 1.29 bits per heavy atom. The van der Waals surface area contributed by atoms with Crippen molar-refractivity contribution in [3.05, 3.63) is 60.7 Å². The molecule has 1 rings (SSSR count). The molecule has 0 aliphatic rings. The van der Waals surface area contributed by atoms with E-state index in [0.29, 0.717) is 0 Å². The van der Waals surface area contributed by atoms with Crippen LogP contribution < -0.4 is 5.32 Å². The largest absolute Gasteiger partial charge is 0.468 e. The Kier molecular flexibility index (Phi) is 8.48. The zero-order valence-corrected chi connectivity index (χ0v) is 15.4. The molecule has 1 aromatic carbocycles. The molecule has 0 aromatic heterocycles. The van der Waals surface area contributed by atoms with E-state index in [-0.39, 0.29) is 17.4 Å². The summed E-state index contributed by atoms with van der Waals surface area (Å²) < 4.78 is 5.02. The lowest BCUT2D eigenvalue weighted by molar-refractivity contribution is -0.143. The van der Waals surface area contributed by atoms with Gasteiger partial charge in [-0.15, -0.1) is 6.58 Å². The number of ether oxygens (including phenoxy) is 1. The van der Waals surface area contributed by atoms with Gasteiger partial charge in [0.2, 0.25) is 0 Å². The van der Waals surface area contributed by atoms with Gasteiger partial charge in [-0.1, -0.05) is 69.3 Å². The summed E-state index contributed by atoms with van der Waals surface area (Å²) in [5.74, 6) is -0.268. The Morgan fingerprint density at radius 3 is 2.50 bits per heavy atom. The summed E-state index contributed by atoms with van der Waals surface area (Å²) in [6, 6.07) is 9.34. The zero-order valence-electron chi connectivity index (χ0n) is 15.4. The first-order valence-electron chi connectivity index (χ1n) is 8.63. The molecule has 0 bridgehead atoms. The minimum atomic E-state index is -0.476. The van der Waals surface area contributed by atoms with Gasteiger partial charge in [0.05, 0.1) is 7.11 Å². The van der Waals surface area contributed by atoms with Crippen LogP contribution >= 0.6 is 0 Å². The van der Waals surface area contributed by atoms with E-state index in [2.05, 4.69) is 44.8 Å². The molecular formula is C21H31NO2. The lowest BCUT2D eigenvalue weighted by Gasteiger charge is -2.35. The van der Waals surface area contributed by atoms with Crippen LogP contribution in [0.15, 0.2) is 55.1 Å². The number of hydrogen-bond acceptors (Lipinski definition) is 3. The molecule has 132 valence electrons. The van der Waals surface area contributed by atoms with Crippen LogP contribution in [0.2, 0.25) is 0 Å². The van der Waals surface area contributed by atoms with E-state index in [1.54, 1.807) is 0 Å². The quantitative estimate of drug-likeness (QED) is 0.494. The molecule has 0 spiro atoms. The molecule has 0 saturated carbocycles. The van der Waals surface area contributed by atoms with Crippen LogP contribution in [0.25, 0.3) is 0 Å².